The molecule has 1 aromatic heterocycles. The maximum Gasteiger partial charge on any atom is 0.122 e. The van der Waals surface area contributed by atoms with Gasteiger partial charge in [-0.15, -0.1) is 0 Å². The van der Waals surface area contributed by atoms with Crippen molar-refractivity contribution in [1.29, 1.82) is 5.26 Å². The van der Waals surface area contributed by atoms with Crippen molar-refractivity contribution < 1.29 is 8.85 Å². The van der Waals surface area contributed by atoms with Crippen LogP contribution >= 0.6 is 0 Å². The van der Waals surface area contributed by atoms with E-state index in [4.69, 9.17) is 14.1 Å². The van der Waals surface area contributed by atoms with Crippen LogP contribution in [0.1, 0.15) is 37.5 Å². The maximum atomic E-state index is 9.09. The molecule has 0 saturated heterocycles. The van der Waals surface area contributed by atoms with Gasteiger partial charge in [0.15, 0.2) is 0 Å². The minimum atomic E-state index is -2.38. The Labute approximate surface area is 136 Å². The molecule has 0 aliphatic heterocycles. The molecule has 4 nitrogen and oxygen atoms in total. The first-order valence-corrected chi connectivity index (χ1v) is 7.22. The van der Waals surface area contributed by atoms with Crippen LogP contribution in [0.15, 0.2) is 36.5 Å². The third kappa shape index (κ3) is 3.62. The second-order valence-electron chi connectivity index (χ2n) is 6.11. The molecule has 0 radical (unpaired) electrons. The number of anilines is 2. The van der Waals surface area contributed by atoms with E-state index in [9.17, 15) is 0 Å². The van der Waals surface area contributed by atoms with E-state index in [0.717, 1.165) is 16.0 Å². The summed E-state index contributed by atoms with van der Waals surface area (Å²) in [5, 5.41) is 12.2. The number of hydrogen-bond donors (Lipinski definition) is 1. The van der Waals surface area contributed by atoms with Crippen LogP contribution in [0.2, 0.25) is 0 Å². The monoisotopic (exact) mass is 300 g/mol. The molecule has 116 valence electrons. The van der Waals surface area contributed by atoms with Crippen molar-refractivity contribution in [3.05, 3.63) is 42.2 Å². The van der Waals surface area contributed by atoms with E-state index in [1.54, 1.807) is 0 Å². The van der Waals surface area contributed by atoms with Crippen LogP contribution < -0.4 is 10.1 Å². The van der Waals surface area contributed by atoms with Gasteiger partial charge >= 0.3 is 0 Å². The summed E-state index contributed by atoms with van der Waals surface area (Å²) in [6.45, 7) is 5.93. The predicted molar refractivity (Wildman–Crippen MR) is 89.4 cm³/mol. The molecule has 1 heterocycles. The van der Waals surface area contributed by atoms with Crippen molar-refractivity contribution in [3.63, 3.8) is 0 Å². The second kappa shape index (κ2) is 6.15. The third-order valence-electron chi connectivity index (χ3n) is 3.85. The van der Waals surface area contributed by atoms with Crippen LogP contribution in [0.25, 0.3) is 0 Å². The Kier molecular flexibility index (Phi) is 3.40. The van der Waals surface area contributed by atoms with Gasteiger partial charge in [-0.2, -0.15) is 5.26 Å². The van der Waals surface area contributed by atoms with Crippen LogP contribution in [0.3, 0.4) is 0 Å². The van der Waals surface area contributed by atoms with E-state index < -0.39 is 6.98 Å². The number of hydrogen-bond acceptors (Lipinski definition) is 3. The van der Waals surface area contributed by atoms with Gasteiger partial charge in [0, 0.05) is 23.0 Å². The molecule has 0 fully saturated rings. The minimum absolute atomic E-state index is 0.0844. The second-order valence-corrected chi connectivity index (χ2v) is 6.11. The quantitative estimate of drug-likeness (QED) is 0.887. The zero-order valence-electron chi connectivity index (χ0n) is 16.3. The number of nitrogens with one attached hydrogen (secondary N) is 1. The molecule has 0 spiro atoms. The number of benzene rings is 1. The van der Waals surface area contributed by atoms with Gasteiger partial charge in [0.25, 0.3) is 0 Å². The van der Waals surface area contributed by atoms with Crippen molar-refractivity contribution in [2.75, 3.05) is 5.32 Å². The summed E-state index contributed by atoms with van der Waals surface area (Å²) < 4.78 is 29.4. The highest BCUT2D eigenvalue weighted by atomic mass is 16.5. The Hall–Kier alpha value is -2.41. The van der Waals surface area contributed by atoms with E-state index in [0.29, 0.717) is 11.6 Å². The van der Waals surface area contributed by atoms with E-state index in [1.807, 2.05) is 44.2 Å². The smallest absolute Gasteiger partial charge is 0.122 e. The van der Waals surface area contributed by atoms with Gasteiger partial charge < -0.3 is 14.6 Å². The minimum Gasteiger partial charge on any atom is -0.488 e. The van der Waals surface area contributed by atoms with E-state index in [-0.39, 0.29) is 11.3 Å². The highest BCUT2D eigenvalue weighted by Crippen LogP contribution is 2.27. The van der Waals surface area contributed by atoms with Gasteiger partial charge in [-0.25, -0.2) is 0 Å². The van der Waals surface area contributed by atoms with E-state index in [1.165, 1.54) is 12.3 Å². The summed E-state index contributed by atoms with van der Waals surface area (Å²) in [4.78, 5) is 0. The summed E-state index contributed by atoms with van der Waals surface area (Å²) in [6, 6.07) is 10.8. The number of aryl methyl sites for hydroxylation is 1. The topological polar surface area (TPSA) is 50.0 Å². The molecule has 0 bridgehead atoms. The fourth-order valence-electron chi connectivity index (χ4n) is 1.81. The van der Waals surface area contributed by atoms with Crippen molar-refractivity contribution in [2.24, 2.45) is 12.9 Å². The van der Waals surface area contributed by atoms with Crippen molar-refractivity contribution in [3.8, 4) is 11.8 Å². The van der Waals surface area contributed by atoms with Gasteiger partial charge in [-0.05, 0) is 50.1 Å². The molecule has 4 heteroatoms. The summed E-state index contributed by atoms with van der Waals surface area (Å²) in [7, 11) is 0. The van der Waals surface area contributed by atoms with E-state index >= 15 is 0 Å². The molecule has 0 saturated carbocycles. The molecule has 2 rings (SSSR count). The Morgan fingerprint density at radius 3 is 2.45 bits per heavy atom. The largest absolute Gasteiger partial charge is 0.488 e. The van der Waals surface area contributed by atoms with E-state index in [2.05, 4.69) is 19.2 Å². The highest BCUT2D eigenvalue weighted by Gasteiger charge is 2.24. The fraction of sp³-hybridized carbons (Fsp3) is 0.389. The molecule has 0 unspecified atom stereocenters. The first-order valence-electron chi connectivity index (χ1n) is 8.72. The number of ether oxygens (including phenoxy) is 1. The van der Waals surface area contributed by atoms with Crippen LogP contribution in [0.5, 0.6) is 5.75 Å². The average molecular weight is 300 g/mol. The van der Waals surface area contributed by atoms with Gasteiger partial charge in [-0.1, -0.05) is 13.8 Å². The molecule has 0 atom stereocenters. The summed E-state index contributed by atoms with van der Waals surface area (Å²) >= 11 is 0. The zero-order valence-corrected chi connectivity index (χ0v) is 13.3. The first kappa shape index (κ1) is 12.2. The third-order valence-corrected chi connectivity index (χ3v) is 3.85. The Bertz CT molecular complexity index is 768. The number of aromatic nitrogens is 1. The summed E-state index contributed by atoms with van der Waals surface area (Å²) in [6.07, 6.45) is 1.41. The molecule has 0 amide bonds. The normalized spacial score (nSPS) is 13.9. The SMILES string of the molecule is [2H]C([2H])([2H])n1cc(Nc2ccc(OC(C)(C)C(C)C)cc2)cc1C#N. The van der Waals surface area contributed by atoms with Gasteiger partial charge in [0.2, 0.25) is 0 Å². The molecule has 2 aromatic rings. The molecular formula is C18H23N3O. The van der Waals surface area contributed by atoms with Gasteiger partial charge in [0.1, 0.15) is 23.1 Å². The van der Waals surface area contributed by atoms with Gasteiger partial charge in [-0.3, -0.25) is 0 Å². The predicted octanol–water partition coefficient (Wildman–Crippen LogP) is 4.45. The van der Waals surface area contributed by atoms with Gasteiger partial charge in [0.05, 0.1) is 5.69 Å². The maximum absolute atomic E-state index is 9.09. The molecule has 0 aliphatic rings. The standard InChI is InChI=1S/C18H23N3O/c1-13(2)18(3,4)22-17-8-6-14(7-9-17)20-15-10-16(11-19)21(5)12-15/h6-10,12-13,20H,1-5H3/i5D3. The average Bonchev–Trinajstić information content (AvgIpc) is 2.92. The lowest BCUT2D eigenvalue weighted by Crippen LogP contribution is -2.34. The number of nitrogens with zero attached hydrogens (tertiary/aromatic N) is 2. The lowest BCUT2D eigenvalue weighted by Gasteiger charge is -2.30. The molecule has 0 aliphatic carbocycles. The Morgan fingerprint density at radius 1 is 1.27 bits per heavy atom. The van der Waals surface area contributed by atoms with Crippen molar-refractivity contribution in [1.82, 2.24) is 4.57 Å². The fourth-order valence-corrected chi connectivity index (χ4v) is 1.81. The van der Waals surface area contributed by atoms with Crippen LogP contribution in [0.4, 0.5) is 11.4 Å². The summed E-state index contributed by atoms with van der Waals surface area (Å²) in [5.74, 6) is 1.14. The molecule has 1 N–H and O–H groups in total. The zero-order chi connectivity index (χ0) is 18.8. The molecular weight excluding hydrogens is 274 g/mol. The van der Waals surface area contributed by atoms with Crippen LogP contribution in [0, 0.1) is 17.2 Å². The van der Waals surface area contributed by atoms with Crippen LogP contribution in [-0.2, 0) is 6.98 Å². The lowest BCUT2D eigenvalue weighted by atomic mass is 9.94. The highest BCUT2D eigenvalue weighted by molar-refractivity contribution is 5.61. The number of rotatable bonds is 5. The van der Waals surface area contributed by atoms with Crippen LogP contribution in [-0.4, -0.2) is 10.2 Å². The Morgan fingerprint density at radius 2 is 1.95 bits per heavy atom. The Balaban J connectivity index is 2.15. The summed E-state index contributed by atoms with van der Waals surface area (Å²) in [5.41, 5.74) is 1.14. The first-order chi connectivity index (χ1) is 11.5. The van der Waals surface area contributed by atoms with Crippen molar-refractivity contribution in [2.45, 2.75) is 33.3 Å². The molecule has 1 aromatic carbocycles. The number of nitriles is 1. The molecule has 22 heavy (non-hydrogen) atoms. The lowest BCUT2D eigenvalue weighted by molar-refractivity contribution is 0.0600. The van der Waals surface area contributed by atoms with Crippen molar-refractivity contribution >= 4 is 11.4 Å².